The van der Waals surface area contributed by atoms with Crippen LogP contribution in [0.4, 0.5) is 5.69 Å². The van der Waals surface area contributed by atoms with Crippen molar-refractivity contribution in [3.63, 3.8) is 0 Å². The molecule has 2 aromatic carbocycles. The third-order valence-corrected chi connectivity index (χ3v) is 4.66. The number of ether oxygens (including phenoxy) is 1. The van der Waals surface area contributed by atoms with Gasteiger partial charge < -0.3 is 10.6 Å². The highest BCUT2D eigenvalue weighted by Gasteiger charge is 2.13. The van der Waals surface area contributed by atoms with Crippen LogP contribution in [0.25, 0.3) is 11.4 Å². The molecule has 0 unspecified atom stereocenters. The van der Waals surface area contributed by atoms with Crippen molar-refractivity contribution in [3.05, 3.63) is 64.2 Å². The second-order valence-electron chi connectivity index (χ2n) is 6.08. The number of nitrogens with two attached hydrogens (primary N) is 1. The van der Waals surface area contributed by atoms with Gasteiger partial charge in [0.25, 0.3) is 5.69 Å². The Labute approximate surface area is 160 Å². The van der Waals surface area contributed by atoms with Crippen LogP contribution in [0.2, 0.25) is 0 Å². The van der Waals surface area contributed by atoms with Crippen molar-refractivity contribution in [1.82, 2.24) is 14.9 Å². The lowest BCUT2D eigenvalue weighted by atomic mass is 10.2. The van der Waals surface area contributed by atoms with Crippen LogP contribution in [-0.4, -0.2) is 25.9 Å². The Morgan fingerprint density at radius 1 is 1.22 bits per heavy atom. The highest BCUT2D eigenvalue weighted by Crippen LogP contribution is 2.27. The fourth-order valence-electron chi connectivity index (χ4n) is 2.41. The quantitative estimate of drug-likeness (QED) is 0.286. The first-order valence-electron chi connectivity index (χ1n) is 8.27. The molecule has 0 atom stereocenters. The molecular formula is C18H19N5O3S. The van der Waals surface area contributed by atoms with Crippen molar-refractivity contribution in [2.45, 2.75) is 30.9 Å². The van der Waals surface area contributed by atoms with E-state index in [1.54, 1.807) is 12.1 Å². The molecule has 8 nitrogen and oxygen atoms in total. The second kappa shape index (κ2) is 8.09. The molecule has 3 rings (SSSR count). The number of non-ortho nitro benzene ring substituents is 1. The molecular weight excluding hydrogens is 366 g/mol. The molecule has 0 aliphatic carbocycles. The van der Waals surface area contributed by atoms with E-state index in [1.807, 2.05) is 38.1 Å². The van der Waals surface area contributed by atoms with Gasteiger partial charge in [-0.05, 0) is 31.5 Å². The molecule has 0 aliphatic heterocycles. The molecule has 0 spiro atoms. The average molecular weight is 385 g/mol. The van der Waals surface area contributed by atoms with Gasteiger partial charge in [-0.1, -0.05) is 36.0 Å². The smallest absolute Gasteiger partial charge is 0.269 e. The molecule has 2 N–H and O–H groups in total. The topological polar surface area (TPSA) is 109 Å². The van der Waals surface area contributed by atoms with Crippen LogP contribution in [0.3, 0.4) is 0 Å². The Balaban J connectivity index is 1.72. The standard InChI is InChI=1S/C18H19N5O3S/c1-12(2)26-16-5-3-4-14(10-16)17-20-21-18(22(17)19)27-11-13-6-8-15(9-7-13)23(24)25/h3-10,12H,11,19H2,1-2H3. The van der Waals surface area contributed by atoms with Crippen LogP contribution in [0.1, 0.15) is 19.4 Å². The molecule has 0 aliphatic rings. The molecule has 9 heteroatoms. The van der Waals surface area contributed by atoms with E-state index in [0.717, 1.165) is 16.9 Å². The van der Waals surface area contributed by atoms with Crippen molar-refractivity contribution in [3.8, 4) is 17.1 Å². The van der Waals surface area contributed by atoms with E-state index in [2.05, 4.69) is 10.2 Å². The number of nitrogen functional groups attached to an aromatic ring is 1. The van der Waals surface area contributed by atoms with Crippen molar-refractivity contribution in [2.75, 3.05) is 5.84 Å². The zero-order valence-corrected chi connectivity index (χ0v) is 15.7. The normalized spacial score (nSPS) is 10.9. The van der Waals surface area contributed by atoms with E-state index >= 15 is 0 Å². The first kappa shape index (κ1) is 18.7. The van der Waals surface area contributed by atoms with Gasteiger partial charge in [-0.15, -0.1) is 10.2 Å². The number of thioether (sulfide) groups is 1. The predicted octanol–water partition coefficient (Wildman–Crippen LogP) is 3.65. The van der Waals surface area contributed by atoms with E-state index in [9.17, 15) is 10.1 Å². The van der Waals surface area contributed by atoms with Crippen molar-refractivity contribution in [1.29, 1.82) is 0 Å². The van der Waals surface area contributed by atoms with Gasteiger partial charge in [0, 0.05) is 23.4 Å². The van der Waals surface area contributed by atoms with Crippen LogP contribution < -0.4 is 10.6 Å². The molecule has 0 bridgehead atoms. The summed E-state index contributed by atoms with van der Waals surface area (Å²) in [5, 5.41) is 19.6. The van der Waals surface area contributed by atoms with E-state index in [-0.39, 0.29) is 11.8 Å². The van der Waals surface area contributed by atoms with Gasteiger partial charge in [0.1, 0.15) is 5.75 Å². The van der Waals surface area contributed by atoms with E-state index in [4.69, 9.17) is 10.6 Å². The van der Waals surface area contributed by atoms with Crippen molar-refractivity contribution >= 4 is 17.4 Å². The number of hydrogen-bond acceptors (Lipinski definition) is 7. The minimum absolute atomic E-state index is 0.0662. The maximum absolute atomic E-state index is 10.7. The van der Waals surface area contributed by atoms with Crippen molar-refractivity contribution < 1.29 is 9.66 Å². The van der Waals surface area contributed by atoms with Gasteiger partial charge in [0.15, 0.2) is 5.82 Å². The van der Waals surface area contributed by atoms with E-state index in [0.29, 0.717) is 16.7 Å². The van der Waals surface area contributed by atoms with Crippen LogP contribution in [0.15, 0.2) is 53.7 Å². The summed E-state index contributed by atoms with van der Waals surface area (Å²) in [5.74, 6) is 8.01. The lowest BCUT2D eigenvalue weighted by Gasteiger charge is -2.10. The average Bonchev–Trinajstić information content (AvgIpc) is 3.00. The van der Waals surface area contributed by atoms with Gasteiger partial charge >= 0.3 is 0 Å². The van der Waals surface area contributed by atoms with Gasteiger partial charge in [0.05, 0.1) is 11.0 Å². The van der Waals surface area contributed by atoms with Crippen LogP contribution >= 0.6 is 11.8 Å². The molecule has 0 amide bonds. The number of benzene rings is 2. The van der Waals surface area contributed by atoms with E-state index < -0.39 is 4.92 Å². The molecule has 27 heavy (non-hydrogen) atoms. The maximum atomic E-state index is 10.7. The molecule has 0 saturated heterocycles. The number of hydrogen-bond donors (Lipinski definition) is 1. The van der Waals surface area contributed by atoms with Gasteiger partial charge in [0.2, 0.25) is 5.16 Å². The minimum Gasteiger partial charge on any atom is -0.491 e. The molecule has 0 fully saturated rings. The summed E-state index contributed by atoms with van der Waals surface area (Å²) in [7, 11) is 0. The molecule has 3 aromatic rings. The summed E-state index contributed by atoms with van der Waals surface area (Å²) >= 11 is 1.41. The zero-order valence-electron chi connectivity index (χ0n) is 14.9. The molecule has 0 saturated carbocycles. The SMILES string of the molecule is CC(C)Oc1cccc(-c2nnc(SCc3ccc([N+](=O)[O-])cc3)n2N)c1. The van der Waals surface area contributed by atoms with Crippen LogP contribution in [-0.2, 0) is 5.75 Å². The zero-order chi connectivity index (χ0) is 19.4. The summed E-state index contributed by atoms with van der Waals surface area (Å²) in [6.45, 7) is 3.93. The molecule has 0 radical (unpaired) electrons. The maximum Gasteiger partial charge on any atom is 0.269 e. The summed E-state index contributed by atoms with van der Waals surface area (Å²) in [5.41, 5.74) is 1.81. The number of nitro groups is 1. The van der Waals surface area contributed by atoms with Gasteiger partial charge in [-0.25, -0.2) is 4.68 Å². The number of aromatic nitrogens is 3. The Morgan fingerprint density at radius 3 is 2.63 bits per heavy atom. The first-order chi connectivity index (χ1) is 12.9. The lowest BCUT2D eigenvalue weighted by Crippen LogP contribution is -2.11. The third kappa shape index (κ3) is 4.56. The number of nitro benzene ring substituents is 1. The van der Waals surface area contributed by atoms with Gasteiger partial charge in [-0.2, -0.15) is 0 Å². The monoisotopic (exact) mass is 385 g/mol. The predicted molar refractivity (Wildman–Crippen MR) is 104 cm³/mol. The Kier molecular flexibility index (Phi) is 5.60. The fourth-order valence-corrected chi connectivity index (χ4v) is 3.23. The minimum atomic E-state index is -0.420. The highest BCUT2D eigenvalue weighted by molar-refractivity contribution is 7.98. The van der Waals surface area contributed by atoms with Crippen LogP contribution in [0.5, 0.6) is 5.75 Å². The number of rotatable bonds is 7. The summed E-state index contributed by atoms with van der Waals surface area (Å²) in [6, 6.07) is 13.9. The van der Waals surface area contributed by atoms with Crippen LogP contribution in [0, 0.1) is 10.1 Å². The van der Waals surface area contributed by atoms with Crippen molar-refractivity contribution in [2.24, 2.45) is 0 Å². The molecule has 140 valence electrons. The first-order valence-corrected chi connectivity index (χ1v) is 9.26. The Bertz CT molecular complexity index is 940. The largest absolute Gasteiger partial charge is 0.491 e. The molecule has 1 aromatic heterocycles. The summed E-state index contributed by atoms with van der Waals surface area (Å²) in [6.07, 6.45) is 0.0730. The van der Waals surface area contributed by atoms with E-state index in [1.165, 1.54) is 28.6 Å². The highest BCUT2D eigenvalue weighted by atomic mass is 32.2. The summed E-state index contributed by atoms with van der Waals surface area (Å²) in [4.78, 5) is 10.3. The summed E-state index contributed by atoms with van der Waals surface area (Å²) < 4.78 is 7.14. The van der Waals surface area contributed by atoms with Gasteiger partial charge in [-0.3, -0.25) is 10.1 Å². The fraction of sp³-hybridized carbons (Fsp3) is 0.222. The molecule has 1 heterocycles. The third-order valence-electron chi connectivity index (χ3n) is 3.64. The second-order valence-corrected chi connectivity index (χ2v) is 7.03. The lowest BCUT2D eigenvalue weighted by molar-refractivity contribution is -0.384. The Hall–Kier alpha value is -3.07. The number of nitrogens with zero attached hydrogens (tertiary/aromatic N) is 4. The Morgan fingerprint density at radius 2 is 1.96 bits per heavy atom.